The third kappa shape index (κ3) is 0.736. The van der Waals surface area contributed by atoms with Crippen LogP contribution in [0.5, 0.6) is 0 Å². The van der Waals surface area contributed by atoms with Crippen LogP contribution in [0.3, 0.4) is 0 Å². The zero-order valence-electron chi connectivity index (χ0n) is 5.65. The second-order valence-corrected chi connectivity index (χ2v) is 2.63. The van der Waals surface area contributed by atoms with Gasteiger partial charge in [-0.1, -0.05) is 0 Å². The van der Waals surface area contributed by atoms with Crippen molar-refractivity contribution >= 4 is 5.97 Å². The molecule has 0 bridgehead atoms. The zero-order chi connectivity index (χ0) is 7.90. The van der Waals surface area contributed by atoms with Crippen molar-refractivity contribution in [3.8, 4) is 0 Å². The van der Waals surface area contributed by atoms with Crippen LogP contribution >= 0.6 is 0 Å². The number of carbonyl (C=O) groups is 1. The molecule has 11 heavy (non-hydrogen) atoms. The fourth-order valence-electron chi connectivity index (χ4n) is 1.03. The lowest BCUT2D eigenvalue weighted by atomic mass is 10.1. The van der Waals surface area contributed by atoms with E-state index in [-0.39, 0.29) is 5.89 Å². The maximum atomic E-state index is 10.7. The van der Waals surface area contributed by atoms with Gasteiger partial charge < -0.3 is 9.52 Å². The van der Waals surface area contributed by atoms with Gasteiger partial charge in [-0.15, -0.1) is 10.2 Å². The Morgan fingerprint density at radius 1 is 1.73 bits per heavy atom. The Bertz CT molecular complexity index is 276. The van der Waals surface area contributed by atoms with E-state index in [4.69, 9.17) is 9.52 Å². The Hall–Kier alpha value is -1.39. The number of aliphatic carboxylic acids is 1. The van der Waals surface area contributed by atoms with Gasteiger partial charge in [0.1, 0.15) is 5.41 Å². The molecule has 0 amide bonds. The first-order valence-electron chi connectivity index (χ1n) is 3.26. The van der Waals surface area contributed by atoms with Crippen LogP contribution < -0.4 is 0 Å². The normalized spacial score (nSPS) is 19.6. The SMILES string of the molecule is O=C(O)C1(c2nnco2)CC1. The molecule has 58 valence electrons. The van der Waals surface area contributed by atoms with E-state index in [1.807, 2.05) is 0 Å². The number of carboxylic acids is 1. The molecule has 1 aliphatic rings. The van der Waals surface area contributed by atoms with Crippen molar-refractivity contribution in [1.82, 2.24) is 10.2 Å². The van der Waals surface area contributed by atoms with Crippen LogP contribution in [-0.2, 0) is 10.2 Å². The van der Waals surface area contributed by atoms with Crippen LogP contribution in [0.2, 0.25) is 0 Å². The quantitative estimate of drug-likeness (QED) is 0.657. The van der Waals surface area contributed by atoms with E-state index >= 15 is 0 Å². The van der Waals surface area contributed by atoms with E-state index in [1.165, 1.54) is 0 Å². The van der Waals surface area contributed by atoms with E-state index in [0.29, 0.717) is 12.8 Å². The molecule has 0 radical (unpaired) electrons. The fraction of sp³-hybridized carbons (Fsp3) is 0.500. The minimum Gasteiger partial charge on any atom is -0.480 e. The zero-order valence-corrected chi connectivity index (χ0v) is 5.65. The third-order valence-corrected chi connectivity index (χ3v) is 1.93. The molecular formula is C6H6N2O3. The number of nitrogens with zero attached hydrogens (tertiary/aromatic N) is 2. The van der Waals surface area contributed by atoms with E-state index in [0.717, 1.165) is 6.39 Å². The van der Waals surface area contributed by atoms with Crippen molar-refractivity contribution in [1.29, 1.82) is 0 Å². The summed E-state index contributed by atoms with van der Waals surface area (Å²) < 4.78 is 4.82. The lowest BCUT2D eigenvalue weighted by Gasteiger charge is -2.00. The molecule has 1 aromatic rings. The first-order chi connectivity index (χ1) is 5.26. The molecule has 0 spiro atoms. The molecule has 1 aliphatic carbocycles. The van der Waals surface area contributed by atoms with E-state index < -0.39 is 11.4 Å². The standard InChI is InChI=1S/C6H6N2O3/c9-5(10)6(1-2-6)4-8-7-3-11-4/h3H,1-2H2,(H,9,10). The van der Waals surface area contributed by atoms with Gasteiger partial charge in [-0.05, 0) is 12.8 Å². The second kappa shape index (κ2) is 1.81. The fourth-order valence-corrected chi connectivity index (χ4v) is 1.03. The minimum atomic E-state index is -0.873. The Morgan fingerprint density at radius 3 is 2.82 bits per heavy atom. The highest BCUT2D eigenvalue weighted by Gasteiger charge is 2.56. The van der Waals surface area contributed by atoms with Crippen molar-refractivity contribution in [3.05, 3.63) is 12.3 Å². The summed E-state index contributed by atoms with van der Waals surface area (Å²) in [5.41, 5.74) is -0.851. The van der Waals surface area contributed by atoms with E-state index in [9.17, 15) is 4.79 Å². The lowest BCUT2D eigenvalue weighted by molar-refractivity contribution is -0.140. The van der Waals surface area contributed by atoms with Crippen LogP contribution in [0, 0.1) is 0 Å². The summed E-state index contributed by atoms with van der Waals surface area (Å²) in [6, 6.07) is 0. The van der Waals surface area contributed by atoms with Crippen LogP contribution in [0.1, 0.15) is 18.7 Å². The average molecular weight is 154 g/mol. The molecule has 5 heteroatoms. The molecule has 0 aromatic carbocycles. The van der Waals surface area contributed by atoms with Gasteiger partial charge in [0.15, 0.2) is 0 Å². The van der Waals surface area contributed by atoms with Gasteiger partial charge in [-0.3, -0.25) is 4.79 Å². The minimum absolute atomic E-state index is 0.227. The smallest absolute Gasteiger partial charge is 0.319 e. The summed E-state index contributed by atoms with van der Waals surface area (Å²) in [4.78, 5) is 10.7. The molecule has 1 aromatic heterocycles. The van der Waals surface area contributed by atoms with Gasteiger partial charge in [0.05, 0.1) is 0 Å². The molecule has 1 N–H and O–H groups in total. The van der Waals surface area contributed by atoms with Crippen LogP contribution in [0.4, 0.5) is 0 Å². The highest BCUT2D eigenvalue weighted by atomic mass is 16.4. The maximum absolute atomic E-state index is 10.7. The van der Waals surface area contributed by atoms with Gasteiger partial charge in [-0.25, -0.2) is 0 Å². The number of hydrogen-bond acceptors (Lipinski definition) is 4. The number of aromatic nitrogens is 2. The molecule has 0 unspecified atom stereocenters. The maximum Gasteiger partial charge on any atom is 0.319 e. The molecular weight excluding hydrogens is 148 g/mol. The van der Waals surface area contributed by atoms with Crippen molar-refractivity contribution < 1.29 is 14.3 Å². The molecule has 1 heterocycles. The van der Waals surface area contributed by atoms with Crippen LogP contribution in [-0.4, -0.2) is 21.3 Å². The van der Waals surface area contributed by atoms with Crippen molar-refractivity contribution in [2.45, 2.75) is 18.3 Å². The molecule has 1 saturated carbocycles. The monoisotopic (exact) mass is 154 g/mol. The number of carboxylic acid groups (broad SMARTS) is 1. The second-order valence-electron chi connectivity index (χ2n) is 2.63. The molecule has 5 nitrogen and oxygen atoms in total. The first kappa shape index (κ1) is 6.33. The predicted octanol–water partition coefficient (Wildman–Crippen LogP) is 0.186. The molecule has 0 aliphatic heterocycles. The van der Waals surface area contributed by atoms with Gasteiger partial charge >= 0.3 is 5.97 Å². The molecule has 0 atom stereocenters. The van der Waals surface area contributed by atoms with Crippen LogP contribution in [0.15, 0.2) is 10.8 Å². The van der Waals surface area contributed by atoms with Crippen LogP contribution in [0.25, 0.3) is 0 Å². The highest BCUT2D eigenvalue weighted by molar-refractivity contribution is 5.83. The Balaban J connectivity index is 2.36. The molecule has 1 fully saturated rings. The molecule has 0 saturated heterocycles. The molecule has 2 rings (SSSR count). The van der Waals surface area contributed by atoms with E-state index in [2.05, 4.69) is 10.2 Å². The van der Waals surface area contributed by atoms with Crippen molar-refractivity contribution in [2.75, 3.05) is 0 Å². The first-order valence-corrected chi connectivity index (χ1v) is 3.26. The largest absolute Gasteiger partial charge is 0.480 e. The van der Waals surface area contributed by atoms with Crippen molar-refractivity contribution in [2.24, 2.45) is 0 Å². The third-order valence-electron chi connectivity index (χ3n) is 1.93. The predicted molar refractivity (Wildman–Crippen MR) is 32.8 cm³/mol. The summed E-state index contributed by atoms with van der Waals surface area (Å²) in [7, 11) is 0. The lowest BCUT2D eigenvalue weighted by Crippen LogP contribution is -2.19. The van der Waals surface area contributed by atoms with Gasteiger partial charge in [0.25, 0.3) is 0 Å². The Kier molecular flexibility index (Phi) is 1.04. The Labute approximate surface area is 62.0 Å². The summed E-state index contributed by atoms with van der Waals surface area (Å²) in [5, 5.41) is 15.8. The van der Waals surface area contributed by atoms with Gasteiger partial charge in [0, 0.05) is 0 Å². The van der Waals surface area contributed by atoms with Gasteiger partial charge in [-0.2, -0.15) is 0 Å². The number of rotatable bonds is 2. The summed E-state index contributed by atoms with van der Waals surface area (Å²) in [6.07, 6.45) is 2.35. The van der Waals surface area contributed by atoms with Crippen molar-refractivity contribution in [3.63, 3.8) is 0 Å². The topological polar surface area (TPSA) is 76.2 Å². The van der Waals surface area contributed by atoms with E-state index in [1.54, 1.807) is 0 Å². The summed E-state index contributed by atoms with van der Waals surface area (Å²) >= 11 is 0. The summed E-state index contributed by atoms with van der Waals surface area (Å²) in [6.45, 7) is 0. The number of hydrogen-bond donors (Lipinski definition) is 1. The van der Waals surface area contributed by atoms with Gasteiger partial charge in [0.2, 0.25) is 12.3 Å². The Morgan fingerprint density at radius 2 is 2.45 bits per heavy atom. The average Bonchev–Trinajstić information content (AvgIpc) is 2.61. The highest BCUT2D eigenvalue weighted by Crippen LogP contribution is 2.47. The summed E-state index contributed by atoms with van der Waals surface area (Å²) in [5.74, 6) is -0.647.